The van der Waals surface area contributed by atoms with Gasteiger partial charge in [-0.05, 0) is 75.3 Å². The van der Waals surface area contributed by atoms with Gasteiger partial charge in [-0.3, -0.25) is 4.79 Å². The molecule has 1 rings (SSSR count). The standard InChI is InChI=1S/C18H29NO2/c1-7-13(4)19-16(10-18(20)21)9-17-14(5)11(2)8-12(3)15(17)6/h8,13,16,19H,7,9-10H2,1-6H3,(H,20,21). The van der Waals surface area contributed by atoms with Crippen molar-refractivity contribution < 1.29 is 9.90 Å². The van der Waals surface area contributed by atoms with Crippen molar-refractivity contribution in [3.05, 3.63) is 33.9 Å². The second-order valence-corrected chi connectivity index (χ2v) is 6.21. The summed E-state index contributed by atoms with van der Waals surface area (Å²) in [7, 11) is 0. The fourth-order valence-electron chi connectivity index (χ4n) is 2.77. The van der Waals surface area contributed by atoms with Gasteiger partial charge in [0.1, 0.15) is 0 Å². The summed E-state index contributed by atoms with van der Waals surface area (Å²) in [6.45, 7) is 12.7. The molecule has 0 fully saturated rings. The van der Waals surface area contributed by atoms with Gasteiger partial charge in [0.15, 0.2) is 0 Å². The Morgan fingerprint density at radius 1 is 1.19 bits per heavy atom. The molecule has 0 spiro atoms. The average molecular weight is 291 g/mol. The van der Waals surface area contributed by atoms with Crippen molar-refractivity contribution in [1.29, 1.82) is 0 Å². The minimum atomic E-state index is -0.740. The van der Waals surface area contributed by atoms with E-state index in [1.54, 1.807) is 0 Å². The lowest BCUT2D eigenvalue weighted by Crippen LogP contribution is -2.39. The van der Waals surface area contributed by atoms with Gasteiger partial charge in [-0.25, -0.2) is 0 Å². The Labute approximate surface area is 128 Å². The number of carboxylic acids is 1. The Hall–Kier alpha value is -1.35. The van der Waals surface area contributed by atoms with Crippen LogP contribution in [0.1, 0.15) is 54.5 Å². The van der Waals surface area contributed by atoms with Crippen LogP contribution in [0.2, 0.25) is 0 Å². The molecule has 0 radical (unpaired) electrons. The minimum absolute atomic E-state index is 0.0175. The zero-order chi connectivity index (χ0) is 16.2. The summed E-state index contributed by atoms with van der Waals surface area (Å²) < 4.78 is 0. The highest BCUT2D eigenvalue weighted by Gasteiger charge is 2.19. The van der Waals surface area contributed by atoms with E-state index in [1.807, 2.05) is 0 Å². The van der Waals surface area contributed by atoms with Crippen LogP contribution < -0.4 is 5.32 Å². The second-order valence-electron chi connectivity index (χ2n) is 6.21. The molecule has 2 N–H and O–H groups in total. The van der Waals surface area contributed by atoms with E-state index in [-0.39, 0.29) is 12.5 Å². The smallest absolute Gasteiger partial charge is 0.304 e. The molecule has 0 saturated heterocycles. The largest absolute Gasteiger partial charge is 0.481 e. The molecular weight excluding hydrogens is 262 g/mol. The van der Waals surface area contributed by atoms with Gasteiger partial charge in [-0.15, -0.1) is 0 Å². The zero-order valence-corrected chi connectivity index (χ0v) is 14.2. The normalized spacial score (nSPS) is 14.0. The van der Waals surface area contributed by atoms with Crippen molar-refractivity contribution in [3.8, 4) is 0 Å². The highest BCUT2D eigenvalue weighted by molar-refractivity contribution is 5.67. The minimum Gasteiger partial charge on any atom is -0.481 e. The van der Waals surface area contributed by atoms with Crippen LogP contribution in [-0.2, 0) is 11.2 Å². The van der Waals surface area contributed by atoms with Crippen molar-refractivity contribution >= 4 is 5.97 Å². The number of benzene rings is 1. The van der Waals surface area contributed by atoms with Crippen LogP contribution in [0.5, 0.6) is 0 Å². The van der Waals surface area contributed by atoms with Crippen LogP contribution in [-0.4, -0.2) is 23.2 Å². The Bertz CT molecular complexity index is 482. The Morgan fingerprint density at radius 3 is 2.14 bits per heavy atom. The van der Waals surface area contributed by atoms with Gasteiger partial charge in [-0.1, -0.05) is 13.0 Å². The first kappa shape index (κ1) is 17.7. The zero-order valence-electron chi connectivity index (χ0n) is 14.2. The Morgan fingerprint density at radius 2 is 1.71 bits per heavy atom. The van der Waals surface area contributed by atoms with Crippen molar-refractivity contribution in [2.75, 3.05) is 0 Å². The number of carboxylic acid groups (broad SMARTS) is 1. The van der Waals surface area contributed by atoms with E-state index in [2.05, 4.69) is 52.9 Å². The summed E-state index contributed by atoms with van der Waals surface area (Å²) in [6, 6.07) is 2.53. The average Bonchev–Trinajstić information content (AvgIpc) is 2.40. The summed E-state index contributed by atoms with van der Waals surface area (Å²) in [6.07, 6.45) is 1.94. The molecule has 1 aromatic rings. The third kappa shape index (κ3) is 4.85. The fraction of sp³-hybridized carbons (Fsp3) is 0.611. The van der Waals surface area contributed by atoms with E-state index in [0.29, 0.717) is 6.04 Å². The molecule has 118 valence electrons. The highest BCUT2D eigenvalue weighted by Crippen LogP contribution is 2.23. The summed E-state index contributed by atoms with van der Waals surface area (Å²) in [4.78, 5) is 11.1. The lowest BCUT2D eigenvalue weighted by atomic mass is 9.89. The maximum atomic E-state index is 11.1. The molecule has 0 aliphatic carbocycles. The van der Waals surface area contributed by atoms with E-state index in [9.17, 15) is 4.79 Å². The lowest BCUT2D eigenvalue weighted by molar-refractivity contribution is -0.137. The topological polar surface area (TPSA) is 49.3 Å². The van der Waals surface area contributed by atoms with Crippen molar-refractivity contribution in [3.63, 3.8) is 0 Å². The molecular formula is C18H29NO2. The van der Waals surface area contributed by atoms with E-state index in [0.717, 1.165) is 12.8 Å². The third-order valence-corrected chi connectivity index (χ3v) is 4.53. The van der Waals surface area contributed by atoms with Crippen molar-refractivity contribution in [1.82, 2.24) is 5.32 Å². The molecule has 0 saturated carbocycles. The van der Waals surface area contributed by atoms with E-state index in [4.69, 9.17) is 5.11 Å². The molecule has 0 aromatic heterocycles. The molecule has 2 unspecified atom stereocenters. The van der Waals surface area contributed by atoms with Gasteiger partial charge in [-0.2, -0.15) is 0 Å². The first-order valence-corrected chi connectivity index (χ1v) is 7.80. The predicted molar refractivity (Wildman–Crippen MR) is 88.0 cm³/mol. The molecule has 21 heavy (non-hydrogen) atoms. The van der Waals surface area contributed by atoms with Crippen molar-refractivity contribution in [2.24, 2.45) is 0 Å². The number of nitrogens with one attached hydrogen (secondary N) is 1. The molecule has 0 aliphatic heterocycles. The number of aliphatic carboxylic acids is 1. The monoisotopic (exact) mass is 291 g/mol. The van der Waals surface area contributed by atoms with Gasteiger partial charge in [0.25, 0.3) is 0 Å². The molecule has 0 amide bonds. The summed E-state index contributed by atoms with van der Waals surface area (Å²) in [5, 5.41) is 12.6. The fourth-order valence-corrected chi connectivity index (χ4v) is 2.77. The van der Waals surface area contributed by atoms with E-state index < -0.39 is 5.97 Å². The van der Waals surface area contributed by atoms with Crippen LogP contribution in [0.4, 0.5) is 0 Å². The lowest BCUT2D eigenvalue weighted by Gasteiger charge is -2.24. The predicted octanol–water partition coefficient (Wildman–Crippen LogP) is 3.69. The van der Waals surface area contributed by atoms with Gasteiger partial charge >= 0.3 is 5.97 Å². The van der Waals surface area contributed by atoms with Crippen LogP contribution in [0.25, 0.3) is 0 Å². The van der Waals surface area contributed by atoms with E-state index in [1.165, 1.54) is 27.8 Å². The molecule has 3 nitrogen and oxygen atoms in total. The number of carbonyl (C=O) groups is 1. The second kappa shape index (κ2) is 7.60. The summed E-state index contributed by atoms with van der Waals surface area (Å²) in [5.74, 6) is -0.740. The Balaban J connectivity index is 3.05. The molecule has 0 heterocycles. The summed E-state index contributed by atoms with van der Waals surface area (Å²) in [5.41, 5.74) is 6.45. The molecule has 2 atom stereocenters. The quantitative estimate of drug-likeness (QED) is 0.805. The van der Waals surface area contributed by atoms with Crippen LogP contribution >= 0.6 is 0 Å². The molecule has 0 aliphatic rings. The van der Waals surface area contributed by atoms with Gasteiger partial charge in [0.05, 0.1) is 6.42 Å². The Kier molecular flexibility index (Phi) is 6.41. The molecule has 3 heteroatoms. The van der Waals surface area contributed by atoms with Gasteiger partial charge in [0.2, 0.25) is 0 Å². The van der Waals surface area contributed by atoms with Crippen LogP contribution in [0, 0.1) is 27.7 Å². The first-order chi connectivity index (χ1) is 9.76. The SMILES string of the molecule is CCC(C)NC(CC(=O)O)Cc1c(C)c(C)cc(C)c1C. The first-order valence-electron chi connectivity index (χ1n) is 7.80. The van der Waals surface area contributed by atoms with E-state index >= 15 is 0 Å². The summed E-state index contributed by atoms with van der Waals surface area (Å²) >= 11 is 0. The number of hydrogen-bond acceptors (Lipinski definition) is 2. The maximum Gasteiger partial charge on any atom is 0.304 e. The number of hydrogen-bond donors (Lipinski definition) is 2. The number of aryl methyl sites for hydroxylation is 2. The highest BCUT2D eigenvalue weighted by atomic mass is 16.4. The van der Waals surface area contributed by atoms with Gasteiger partial charge < -0.3 is 10.4 Å². The third-order valence-electron chi connectivity index (χ3n) is 4.53. The van der Waals surface area contributed by atoms with Gasteiger partial charge in [0, 0.05) is 12.1 Å². The molecule has 0 bridgehead atoms. The number of rotatable bonds is 7. The maximum absolute atomic E-state index is 11.1. The van der Waals surface area contributed by atoms with Crippen LogP contribution in [0.3, 0.4) is 0 Å². The van der Waals surface area contributed by atoms with Crippen molar-refractivity contribution in [2.45, 2.75) is 72.9 Å². The van der Waals surface area contributed by atoms with Crippen LogP contribution in [0.15, 0.2) is 6.07 Å². The molecule has 1 aromatic carbocycles.